The van der Waals surface area contributed by atoms with Crippen LogP contribution in [0.3, 0.4) is 0 Å². The van der Waals surface area contributed by atoms with Gasteiger partial charge in [0.05, 0.1) is 12.6 Å². The first-order valence-corrected chi connectivity index (χ1v) is 5.38. The normalized spacial score (nSPS) is 12.9. The number of benzene rings is 1. The molecular weight excluding hydrogens is 198 g/mol. The number of methoxy groups -OCH3 is 1. The van der Waals surface area contributed by atoms with Gasteiger partial charge in [-0.25, -0.2) is 0 Å². The van der Waals surface area contributed by atoms with Crippen LogP contribution in [0.1, 0.15) is 32.4 Å². The summed E-state index contributed by atoms with van der Waals surface area (Å²) in [6.07, 6.45) is 5.45. The van der Waals surface area contributed by atoms with E-state index in [0.717, 1.165) is 5.75 Å². The molecule has 2 nitrogen and oxygen atoms in total. The Bertz CT molecular complexity index is 373. The number of hydrogen-bond donors (Lipinski definition) is 1. The Hall–Kier alpha value is -1.46. The molecule has 1 atom stereocenters. The first-order chi connectivity index (χ1) is 7.48. The highest BCUT2D eigenvalue weighted by Crippen LogP contribution is 2.19. The smallest absolute Gasteiger partial charge is 0.118 e. The zero-order valence-electron chi connectivity index (χ0n) is 10.4. The fourth-order valence-electron chi connectivity index (χ4n) is 1.56. The summed E-state index contributed by atoms with van der Waals surface area (Å²) in [5.74, 6) is 3.60. The minimum atomic E-state index is -0.292. The summed E-state index contributed by atoms with van der Waals surface area (Å²) in [6, 6.07) is 8.22. The van der Waals surface area contributed by atoms with Crippen molar-refractivity contribution in [2.75, 3.05) is 7.11 Å². The quantitative estimate of drug-likeness (QED) is 0.783. The van der Waals surface area contributed by atoms with Crippen molar-refractivity contribution in [3.63, 3.8) is 0 Å². The number of terminal acetylenes is 1. The van der Waals surface area contributed by atoms with Gasteiger partial charge in [-0.1, -0.05) is 18.1 Å². The highest BCUT2D eigenvalue weighted by molar-refractivity contribution is 5.29. The maximum Gasteiger partial charge on any atom is 0.118 e. The number of hydrogen-bond acceptors (Lipinski definition) is 2. The molecule has 16 heavy (non-hydrogen) atoms. The molecule has 86 valence electrons. The molecule has 0 aliphatic heterocycles. The fraction of sp³-hybridized carbons (Fsp3) is 0.429. The first-order valence-electron chi connectivity index (χ1n) is 5.38. The molecule has 1 rings (SSSR count). The van der Waals surface area contributed by atoms with Gasteiger partial charge in [-0.2, -0.15) is 0 Å². The van der Waals surface area contributed by atoms with Crippen LogP contribution in [0.25, 0.3) is 0 Å². The van der Waals surface area contributed by atoms with Crippen LogP contribution in [0.15, 0.2) is 24.3 Å². The van der Waals surface area contributed by atoms with Gasteiger partial charge in [-0.3, -0.25) is 5.32 Å². The predicted octanol–water partition coefficient (Wildman–Crippen LogP) is 2.76. The molecular formula is C14H19NO. The molecule has 0 saturated carbocycles. The Morgan fingerprint density at radius 1 is 1.31 bits per heavy atom. The molecule has 0 fully saturated rings. The Morgan fingerprint density at radius 2 is 1.88 bits per heavy atom. The van der Waals surface area contributed by atoms with E-state index in [2.05, 4.69) is 18.2 Å². The summed E-state index contributed by atoms with van der Waals surface area (Å²) in [5.41, 5.74) is 0.906. The van der Waals surface area contributed by atoms with Gasteiger partial charge in [0.2, 0.25) is 0 Å². The standard InChI is InChI=1S/C14H19NO/c1-6-14(3,4)15-11(2)12-7-9-13(16-5)10-8-12/h1,7-11,15H,2-5H3. The minimum absolute atomic E-state index is 0.219. The van der Waals surface area contributed by atoms with Crippen molar-refractivity contribution in [3.8, 4) is 18.1 Å². The van der Waals surface area contributed by atoms with E-state index in [1.165, 1.54) is 5.56 Å². The third kappa shape index (κ3) is 3.29. The Kier molecular flexibility index (Phi) is 3.98. The van der Waals surface area contributed by atoms with Gasteiger partial charge in [0.25, 0.3) is 0 Å². The van der Waals surface area contributed by atoms with Gasteiger partial charge >= 0.3 is 0 Å². The van der Waals surface area contributed by atoms with E-state index in [0.29, 0.717) is 0 Å². The van der Waals surface area contributed by atoms with E-state index in [1.54, 1.807) is 7.11 Å². The second-order valence-electron chi connectivity index (χ2n) is 4.41. The molecule has 2 heteroatoms. The van der Waals surface area contributed by atoms with Crippen molar-refractivity contribution in [1.29, 1.82) is 0 Å². The molecule has 0 aromatic heterocycles. The van der Waals surface area contributed by atoms with E-state index in [-0.39, 0.29) is 11.6 Å². The SMILES string of the molecule is C#CC(C)(C)NC(C)c1ccc(OC)cc1. The van der Waals surface area contributed by atoms with Crippen LogP contribution < -0.4 is 10.1 Å². The molecule has 0 spiro atoms. The lowest BCUT2D eigenvalue weighted by atomic mass is 10.0. The molecule has 1 N–H and O–H groups in total. The highest BCUT2D eigenvalue weighted by Gasteiger charge is 2.17. The predicted molar refractivity (Wildman–Crippen MR) is 67.5 cm³/mol. The van der Waals surface area contributed by atoms with Crippen molar-refractivity contribution in [2.24, 2.45) is 0 Å². The van der Waals surface area contributed by atoms with Crippen molar-refractivity contribution in [1.82, 2.24) is 5.32 Å². The molecule has 1 aromatic rings. The summed E-state index contributed by atoms with van der Waals surface area (Å²) >= 11 is 0. The fourth-order valence-corrected chi connectivity index (χ4v) is 1.56. The number of nitrogens with one attached hydrogen (secondary N) is 1. The third-order valence-electron chi connectivity index (χ3n) is 2.55. The second-order valence-corrected chi connectivity index (χ2v) is 4.41. The van der Waals surface area contributed by atoms with Crippen LogP contribution in [0.5, 0.6) is 5.75 Å². The van der Waals surface area contributed by atoms with Crippen LogP contribution >= 0.6 is 0 Å². The van der Waals surface area contributed by atoms with Crippen molar-refractivity contribution in [2.45, 2.75) is 32.4 Å². The van der Waals surface area contributed by atoms with Gasteiger partial charge in [0.15, 0.2) is 0 Å². The monoisotopic (exact) mass is 217 g/mol. The van der Waals surface area contributed by atoms with Gasteiger partial charge in [-0.05, 0) is 38.5 Å². The van der Waals surface area contributed by atoms with E-state index in [9.17, 15) is 0 Å². The topological polar surface area (TPSA) is 21.3 Å². The van der Waals surface area contributed by atoms with Gasteiger partial charge in [0.1, 0.15) is 5.75 Å². The summed E-state index contributed by atoms with van der Waals surface area (Å²) < 4.78 is 5.12. The van der Waals surface area contributed by atoms with Crippen molar-refractivity contribution >= 4 is 0 Å². The van der Waals surface area contributed by atoms with Gasteiger partial charge in [0, 0.05) is 6.04 Å². The molecule has 0 amide bonds. The van der Waals surface area contributed by atoms with Crippen molar-refractivity contribution < 1.29 is 4.74 Å². The van der Waals surface area contributed by atoms with Crippen LogP contribution in [0.4, 0.5) is 0 Å². The molecule has 0 radical (unpaired) electrons. The lowest BCUT2D eigenvalue weighted by Gasteiger charge is -2.25. The number of ether oxygens (including phenoxy) is 1. The zero-order valence-corrected chi connectivity index (χ0v) is 10.4. The van der Waals surface area contributed by atoms with Crippen molar-refractivity contribution in [3.05, 3.63) is 29.8 Å². The molecule has 0 aliphatic rings. The van der Waals surface area contributed by atoms with Crippen LogP contribution in [0, 0.1) is 12.3 Å². The van der Waals surface area contributed by atoms with Crippen LogP contribution in [-0.2, 0) is 0 Å². The van der Waals surface area contributed by atoms with Crippen LogP contribution in [0.2, 0.25) is 0 Å². The van der Waals surface area contributed by atoms with Gasteiger partial charge < -0.3 is 4.74 Å². The molecule has 0 saturated heterocycles. The summed E-state index contributed by atoms with van der Waals surface area (Å²) in [5, 5.41) is 3.38. The average Bonchev–Trinajstić information content (AvgIpc) is 2.28. The average molecular weight is 217 g/mol. The van der Waals surface area contributed by atoms with E-state index in [4.69, 9.17) is 11.2 Å². The summed E-state index contributed by atoms with van der Waals surface area (Å²) in [4.78, 5) is 0. The zero-order chi connectivity index (χ0) is 12.2. The van der Waals surface area contributed by atoms with Crippen LogP contribution in [-0.4, -0.2) is 12.6 Å². The maximum atomic E-state index is 5.45. The minimum Gasteiger partial charge on any atom is -0.497 e. The molecule has 0 heterocycles. The second kappa shape index (κ2) is 5.05. The van der Waals surface area contributed by atoms with Gasteiger partial charge in [-0.15, -0.1) is 6.42 Å². The third-order valence-corrected chi connectivity index (χ3v) is 2.55. The number of rotatable bonds is 4. The Balaban J connectivity index is 2.74. The Morgan fingerprint density at radius 3 is 2.31 bits per heavy atom. The Labute approximate surface area is 98.0 Å². The van der Waals surface area contributed by atoms with E-state index < -0.39 is 0 Å². The largest absolute Gasteiger partial charge is 0.497 e. The summed E-state index contributed by atoms with van der Waals surface area (Å²) in [7, 11) is 1.66. The van der Waals surface area contributed by atoms with E-state index in [1.807, 2.05) is 38.1 Å². The molecule has 0 bridgehead atoms. The highest BCUT2D eigenvalue weighted by atomic mass is 16.5. The lowest BCUT2D eigenvalue weighted by Crippen LogP contribution is -2.39. The maximum absolute atomic E-state index is 5.45. The molecule has 0 aliphatic carbocycles. The van der Waals surface area contributed by atoms with E-state index >= 15 is 0 Å². The summed E-state index contributed by atoms with van der Waals surface area (Å²) in [6.45, 7) is 6.08. The first kappa shape index (κ1) is 12.6. The molecule has 1 aromatic carbocycles. The lowest BCUT2D eigenvalue weighted by molar-refractivity contribution is 0.412. The molecule has 1 unspecified atom stereocenters.